The number of aromatic nitrogens is 2. The number of H-pyrrole nitrogens is 1. The molecule has 1 amide bonds. The van der Waals surface area contributed by atoms with Crippen LogP contribution in [0.15, 0.2) is 42.6 Å². The van der Waals surface area contributed by atoms with Crippen LogP contribution in [0, 0.1) is 0 Å². The topological polar surface area (TPSA) is 76.2 Å². The van der Waals surface area contributed by atoms with Gasteiger partial charge in [-0.2, -0.15) is 0 Å². The van der Waals surface area contributed by atoms with E-state index in [0.717, 1.165) is 22.3 Å². The number of ether oxygens (including phenoxy) is 2. The number of nitrogens with zero attached hydrogens (tertiary/aromatic N) is 1. The van der Waals surface area contributed by atoms with Gasteiger partial charge in [0.25, 0.3) is 5.91 Å². The summed E-state index contributed by atoms with van der Waals surface area (Å²) in [5.41, 5.74) is 2.43. The van der Waals surface area contributed by atoms with Crippen molar-refractivity contribution in [1.82, 2.24) is 15.3 Å². The third kappa shape index (κ3) is 3.26. The maximum atomic E-state index is 12.2. The second kappa shape index (κ2) is 6.39. The number of nitrogens with one attached hydrogen (secondary N) is 2. The van der Waals surface area contributed by atoms with Crippen LogP contribution >= 0.6 is 0 Å². The molecule has 118 valence electrons. The predicted molar refractivity (Wildman–Crippen MR) is 86.8 cm³/mol. The Bertz CT molecular complexity index is 842. The van der Waals surface area contributed by atoms with E-state index in [1.165, 1.54) is 7.11 Å². The lowest BCUT2D eigenvalue weighted by atomic mass is 10.2. The fourth-order valence-electron chi connectivity index (χ4n) is 2.33. The first-order chi connectivity index (χ1) is 11.2. The van der Waals surface area contributed by atoms with Crippen LogP contribution in [0.5, 0.6) is 11.6 Å². The van der Waals surface area contributed by atoms with Crippen LogP contribution in [-0.2, 0) is 6.54 Å². The fourth-order valence-corrected chi connectivity index (χ4v) is 2.33. The number of aromatic amines is 1. The summed E-state index contributed by atoms with van der Waals surface area (Å²) in [6, 6.07) is 11.0. The van der Waals surface area contributed by atoms with E-state index in [1.807, 2.05) is 24.3 Å². The summed E-state index contributed by atoms with van der Waals surface area (Å²) in [6.07, 6.45) is 1.54. The first kappa shape index (κ1) is 14.9. The molecule has 0 aliphatic rings. The van der Waals surface area contributed by atoms with Gasteiger partial charge in [-0.25, -0.2) is 4.98 Å². The molecule has 0 saturated heterocycles. The molecule has 0 saturated carbocycles. The SMILES string of the molecule is COc1ccc2[nH]c(CNC(=O)c3ccnc(OC)c3)cc2c1. The Morgan fingerprint density at radius 2 is 2.04 bits per heavy atom. The van der Waals surface area contributed by atoms with Crippen LogP contribution < -0.4 is 14.8 Å². The van der Waals surface area contributed by atoms with Crippen molar-refractivity contribution in [2.24, 2.45) is 0 Å². The molecule has 0 fully saturated rings. The maximum Gasteiger partial charge on any atom is 0.251 e. The van der Waals surface area contributed by atoms with Gasteiger partial charge in [0.05, 0.1) is 20.8 Å². The number of rotatable bonds is 5. The van der Waals surface area contributed by atoms with Gasteiger partial charge in [0, 0.05) is 34.4 Å². The van der Waals surface area contributed by atoms with Gasteiger partial charge in [-0.15, -0.1) is 0 Å². The summed E-state index contributed by atoms with van der Waals surface area (Å²) < 4.78 is 10.2. The van der Waals surface area contributed by atoms with E-state index in [4.69, 9.17) is 9.47 Å². The smallest absolute Gasteiger partial charge is 0.251 e. The molecule has 3 rings (SSSR count). The summed E-state index contributed by atoms with van der Waals surface area (Å²) in [4.78, 5) is 19.4. The molecular weight excluding hydrogens is 294 g/mol. The number of pyridine rings is 1. The summed E-state index contributed by atoms with van der Waals surface area (Å²) in [5, 5.41) is 3.91. The van der Waals surface area contributed by atoms with Crippen LogP contribution in [-0.4, -0.2) is 30.1 Å². The number of benzene rings is 1. The van der Waals surface area contributed by atoms with Gasteiger partial charge in [-0.05, 0) is 30.3 Å². The molecule has 2 heterocycles. The fraction of sp³-hybridized carbons (Fsp3) is 0.176. The Balaban J connectivity index is 1.71. The molecule has 6 heteroatoms. The summed E-state index contributed by atoms with van der Waals surface area (Å²) >= 11 is 0. The number of carbonyl (C=O) groups excluding carboxylic acids is 1. The third-order valence-corrected chi connectivity index (χ3v) is 3.53. The first-order valence-electron chi connectivity index (χ1n) is 7.13. The van der Waals surface area contributed by atoms with Crippen LogP contribution in [0.1, 0.15) is 16.1 Å². The molecular formula is C17H17N3O3. The molecule has 0 bridgehead atoms. The van der Waals surface area contributed by atoms with Crippen molar-refractivity contribution >= 4 is 16.8 Å². The van der Waals surface area contributed by atoms with E-state index in [0.29, 0.717) is 18.0 Å². The zero-order valence-electron chi connectivity index (χ0n) is 12.9. The second-order valence-electron chi connectivity index (χ2n) is 5.02. The van der Waals surface area contributed by atoms with E-state index in [1.54, 1.807) is 25.4 Å². The van der Waals surface area contributed by atoms with E-state index < -0.39 is 0 Å². The zero-order valence-corrected chi connectivity index (χ0v) is 12.9. The molecule has 0 unspecified atom stereocenters. The molecule has 1 aromatic carbocycles. The minimum atomic E-state index is -0.179. The van der Waals surface area contributed by atoms with Crippen LogP contribution in [0.25, 0.3) is 10.9 Å². The van der Waals surface area contributed by atoms with Gasteiger partial charge < -0.3 is 19.8 Å². The Labute approximate surface area is 133 Å². The molecule has 2 N–H and O–H groups in total. The van der Waals surface area contributed by atoms with E-state index in [-0.39, 0.29) is 5.91 Å². The van der Waals surface area contributed by atoms with Crippen LogP contribution in [0.4, 0.5) is 0 Å². The highest BCUT2D eigenvalue weighted by Gasteiger charge is 2.08. The summed E-state index contributed by atoms with van der Waals surface area (Å²) in [6.45, 7) is 0.403. The summed E-state index contributed by atoms with van der Waals surface area (Å²) in [5.74, 6) is 1.04. The van der Waals surface area contributed by atoms with E-state index in [2.05, 4.69) is 15.3 Å². The standard InChI is InChI=1S/C17H17N3O3/c1-22-14-3-4-15-12(8-14)7-13(20-15)10-19-17(21)11-5-6-18-16(9-11)23-2/h3-9,20H,10H2,1-2H3,(H,19,21). The van der Waals surface area contributed by atoms with Gasteiger partial charge in [0.2, 0.25) is 5.88 Å². The first-order valence-corrected chi connectivity index (χ1v) is 7.13. The van der Waals surface area contributed by atoms with Crippen molar-refractivity contribution in [2.75, 3.05) is 14.2 Å². The maximum absolute atomic E-state index is 12.2. The van der Waals surface area contributed by atoms with Crippen molar-refractivity contribution < 1.29 is 14.3 Å². The lowest BCUT2D eigenvalue weighted by Gasteiger charge is -2.05. The molecule has 23 heavy (non-hydrogen) atoms. The van der Waals surface area contributed by atoms with Crippen molar-refractivity contribution in [3.8, 4) is 11.6 Å². The number of hydrogen-bond acceptors (Lipinski definition) is 4. The monoisotopic (exact) mass is 311 g/mol. The molecule has 2 aromatic heterocycles. The lowest BCUT2D eigenvalue weighted by Crippen LogP contribution is -2.23. The van der Waals surface area contributed by atoms with Gasteiger partial charge in [-0.1, -0.05) is 0 Å². The molecule has 0 spiro atoms. The predicted octanol–water partition coefficient (Wildman–Crippen LogP) is 2.51. The summed E-state index contributed by atoms with van der Waals surface area (Å²) in [7, 11) is 3.15. The largest absolute Gasteiger partial charge is 0.497 e. The Hall–Kier alpha value is -3.02. The van der Waals surface area contributed by atoms with Crippen molar-refractivity contribution in [1.29, 1.82) is 0 Å². The quantitative estimate of drug-likeness (QED) is 0.759. The second-order valence-corrected chi connectivity index (χ2v) is 5.02. The van der Waals surface area contributed by atoms with Gasteiger partial charge in [0.15, 0.2) is 0 Å². The third-order valence-electron chi connectivity index (χ3n) is 3.53. The normalized spacial score (nSPS) is 10.5. The average Bonchev–Trinajstić information content (AvgIpc) is 3.01. The van der Waals surface area contributed by atoms with Crippen LogP contribution in [0.2, 0.25) is 0 Å². The average molecular weight is 311 g/mol. The minimum Gasteiger partial charge on any atom is -0.497 e. The Morgan fingerprint density at radius 3 is 2.83 bits per heavy atom. The number of hydrogen-bond donors (Lipinski definition) is 2. The Morgan fingerprint density at radius 1 is 1.17 bits per heavy atom. The van der Waals surface area contributed by atoms with Crippen molar-refractivity contribution in [3.63, 3.8) is 0 Å². The highest BCUT2D eigenvalue weighted by molar-refractivity contribution is 5.94. The Kier molecular flexibility index (Phi) is 4.14. The van der Waals surface area contributed by atoms with Crippen molar-refractivity contribution in [3.05, 3.63) is 53.9 Å². The molecule has 0 atom stereocenters. The highest BCUT2D eigenvalue weighted by atomic mass is 16.5. The molecule has 0 aliphatic heterocycles. The lowest BCUT2D eigenvalue weighted by molar-refractivity contribution is 0.0950. The number of fused-ring (bicyclic) bond motifs is 1. The highest BCUT2D eigenvalue weighted by Crippen LogP contribution is 2.21. The van der Waals surface area contributed by atoms with Gasteiger partial charge in [0.1, 0.15) is 5.75 Å². The van der Waals surface area contributed by atoms with Gasteiger partial charge >= 0.3 is 0 Å². The molecule has 0 radical (unpaired) electrons. The van der Waals surface area contributed by atoms with Crippen molar-refractivity contribution in [2.45, 2.75) is 6.54 Å². The molecule has 0 aliphatic carbocycles. The number of amides is 1. The van der Waals surface area contributed by atoms with Gasteiger partial charge in [-0.3, -0.25) is 4.79 Å². The van der Waals surface area contributed by atoms with E-state index in [9.17, 15) is 4.79 Å². The molecule has 6 nitrogen and oxygen atoms in total. The number of carbonyl (C=O) groups is 1. The zero-order chi connectivity index (χ0) is 16.2. The van der Waals surface area contributed by atoms with E-state index >= 15 is 0 Å². The minimum absolute atomic E-state index is 0.179. The molecule has 3 aromatic rings. The number of methoxy groups -OCH3 is 2. The van der Waals surface area contributed by atoms with Crippen LogP contribution in [0.3, 0.4) is 0 Å².